The van der Waals surface area contributed by atoms with Crippen LogP contribution in [-0.2, 0) is 27.2 Å². The van der Waals surface area contributed by atoms with Gasteiger partial charge in [0, 0.05) is 5.69 Å². The lowest BCUT2D eigenvalue weighted by Crippen LogP contribution is -2.54. The van der Waals surface area contributed by atoms with Gasteiger partial charge in [0.1, 0.15) is 12.6 Å². The number of carboxylic acids is 2. The van der Waals surface area contributed by atoms with Crippen LogP contribution in [0.2, 0.25) is 0 Å². The molecule has 7 heteroatoms. The molecule has 1 aliphatic rings. The van der Waals surface area contributed by atoms with Crippen molar-refractivity contribution in [1.82, 2.24) is 5.32 Å². The van der Waals surface area contributed by atoms with Crippen molar-refractivity contribution in [2.45, 2.75) is 44.2 Å². The van der Waals surface area contributed by atoms with E-state index in [0.717, 1.165) is 11.1 Å². The lowest BCUT2D eigenvalue weighted by molar-refractivity contribution is -0.140. The van der Waals surface area contributed by atoms with Crippen molar-refractivity contribution in [3.05, 3.63) is 65.7 Å². The summed E-state index contributed by atoms with van der Waals surface area (Å²) in [6, 6.07) is 15.2. The number of fused-ring (bicyclic) bond motifs is 1. The minimum Gasteiger partial charge on any atom is -0.480 e. The van der Waals surface area contributed by atoms with Gasteiger partial charge in [-0.3, -0.25) is 24.6 Å². The summed E-state index contributed by atoms with van der Waals surface area (Å²) >= 11 is 0. The van der Waals surface area contributed by atoms with Crippen LogP contribution >= 0.6 is 0 Å². The second kappa shape index (κ2) is 10.0. The summed E-state index contributed by atoms with van der Waals surface area (Å²) in [6.45, 7) is -0.463. The fourth-order valence-electron chi connectivity index (χ4n) is 3.84. The zero-order valence-electron chi connectivity index (χ0n) is 16.7. The van der Waals surface area contributed by atoms with Crippen LogP contribution in [0.3, 0.4) is 0 Å². The van der Waals surface area contributed by atoms with Crippen LogP contribution in [0.4, 0.5) is 5.69 Å². The molecule has 2 aromatic rings. The van der Waals surface area contributed by atoms with E-state index in [9.17, 15) is 24.6 Å². The lowest BCUT2D eigenvalue weighted by atomic mass is 9.97. The summed E-state index contributed by atoms with van der Waals surface area (Å²) < 4.78 is 0. The summed E-state index contributed by atoms with van der Waals surface area (Å²) in [5, 5.41) is 22.0. The lowest BCUT2D eigenvalue weighted by Gasteiger charge is -2.32. The molecule has 2 aromatic carbocycles. The minimum atomic E-state index is -1.11. The fraction of sp³-hybridized carbons (Fsp3) is 0.348. The third kappa shape index (κ3) is 5.45. The Morgan fingerprint density at radius 2 is 1.77 bits per heavy atom. The number of nitrogens with one attached hydrogen (secondary N) is 1. The van der Waals surface area contributed by atoms with E-state index in [4.69, 9.17) is 0 Å². The van der Waals surface area contributed by atoms with Gasteiger partial charge in [-0.2, -0.15) is 0 Å². The van der Waals surface area contributed by atoms with Gasteiger partial charge in [0.05, 0.1) is 6.04 Å². The van der Waals surface area contributed by atoms with Crippen molar-refractivity contribution in [1.29, 1.82) is 0 Å². The van der Waals surface area contributed by atoms with E-state index in [1.54, 1.807) is 12.1 Å². The van der Waals surface area contributed by atoms with Crippen LogP contribution in [0, 0.1) is 0 Å². The van der Waals surface area contributed by atoms with Crippen LogP contribution in [0.5, 0.6) is 0 Å². The Labute approximate surface area is 175 Å². The SMILES string of the molecule is O=C(O)CN1C(=O)[C@H](N[C@@H](CCc2ccccc2)C(=O)O)CCCc2ccccc21. The number of nitrogens with zero attached hydrogens (tertiary/aromatic N) is 1. The second-order valence-electron chi connectivity index (χ2n) is 7.47. The van der Waals surface area contributed by atoms with Gasteiger partial charge >= 0.3 is 11.9 Å². The average molecular weight is 410 g/mol. The molecule has 1 amide bonds. The molecular formula is C23H26N2O5. The van der Waals surface area contributed by atoms with Gasteiger partial charge in [-0.25, -0.2) is 0 Å². The molecule has 158 valence electrons. The molecule has 0 fully saturated rings. The van der Waals surface area contributed by atoms with Crippen molar-refractivity contribution in [3.63, 3.8) is 0 Å². The highest BCUT2D eigenvalue weighted by Crippen LogP contribution is 2.26. The van der Waals surface area contributed by atoms with Gasteiger partial charge in [-0.15, -0.1) is 0 Å². The largest absolute Gasteiger partial charge is 0.480 e. The molecule has 0 saturated heterocycles. The molecule has 3 N–H and O–H groups in total. The predicted octanol–water partition coefficient (Wildman–Crippen LogP) is 2.48. The molecule has 3 rings (SSSR count). The maximum Gasteiger partial charge on any atom is 0.323 e. The van der Waals surface area contributed by atoms with Gasteiger partial charge < -0.3 is 10.2 Å². The first-order valence-corrected chi connectivity index (χ1v) is 10.1. The van der Waals surface area contributed by atoms with E-state index in [1.165, 1.54) is 4.90 Å². The van der Waals surface area contributed by atoms with Crippen molar-refractivity contribution in [2.75, 3.05) is 11.4 Å². The van der Waals surface area contributed by atoms with E-state index < -0.39 is 36.5 Å². The van der Waals surface area contributed by atoms with Gasteiger partial charge in [0.2, 0.25) is 5.91 Å². The molecule has 30 heavy (non-hydrogen) atoms. The van der Waals surface area contributed by atoms with E-state index in [0.29, 0.717) is 37.8 Å². The fourth-order valence-corrected chi connectivity index (χ4v) is 3.84. The molecule has 1 heterocycles. The molecule has 0 spiro atoms. The predicted molar refractivity (Wildman–Crippen MR) is 112 cm³/mol. The monoisotopic (exact) mass is 410 g/mol. The smallest absolute Gasteiger partial charge is 0.323 e. The van der Waals surface area contributed by atoms with E-state index in [-0.39, 0.29) is 0 Å². The number of amides is 1. The number of carbonyl (C=O) groups is 3. The third-order valence-electron chi connectivity index (χ3n) is 5.34. The van der Waals surface area contributed by atoms with Crippen LogP contribution in [0.15, 0.2) is 54.6 Å². The first kappa shape index (κ1) is 21.5. The first-order valence-electron chi connectivity index (χ1n) is 10.1. The third-order valence-corrected chi connectivity index (χ3v) is 5.34. The Balaban J connectivity index is 1.78. The number of carboxylic acid groups (broad SMARTS) is 2. The molecule has 0 aliphatic carbocycles. The highest BCUT2D eigenvalue weighted by atomic mass is 16.4. The summed E-state index contributed by atoms with van der Waals surface area (Å²) in [4.78, 5) is 37.7. The number of para-hydroxylation sites is 1. The number of anilines is 1. The van der Waals surface area contributed by atoms with E-state index >= 15 is 0 Å². The molecule has 2 atom stereocenters. The highest BCUT2D eigenvalue weighted by molar-refractivity contribution is 6.01. The quantitative estimate of drug-likeness (QED) is 0.617. The molecule has 0 saturated carbocycles. The number of benzene rings is 2. The Morgan fingerprint density at radius 1 is 1.07 bits per heavy atom. The van der Waals surface area contributed by atoms with Crippen molar-refractivity contribution in [3.8, 4) is 0 Å². The van der Waals surface area contributed by atoms with Crippen molar-refractivity contribution >= 4 is 23.5 Å². The topological polar surface area (TPSA) is 107 Å². The molecule has 0 unspecified atom stereocenters. The summed E-state index contributed by atoms with van der Waals surface area (Å²) in [5.41, 5.74) is 2.52. The van der Waals surface area contributed by atoms with Crippen molar-refractivity contribution in [2.24, 2.45) is 0 Å². The molecular weight excluding hydrogens is 384 g/mol. The number of aliphatic carboxylic acids is 2. The Bertz CT molecular complexity index is 899. The molecule has 0 radical (unpaired) electrons. The Kier molecular flexibility index (Phi) is 7.19. The Hall–Kier alpha value is -3.19. The number of hydrogen-bond acceptors (Lipinski definition) is 4. The van der Waals surface area contributed by atoms with Gasteiger partial charge in [0.15, 0.2) is 0 Å². The average Bonchev–Trinajstić information content (AvgIpc) is 2.73. The maximum atomic E-state index is 13.2. The minimum absolute atomic E-state index is 0.332. The zero-order valence-corrected chi connectivity index (χ0v) is 16.7. The van der Waals surface area contributed by atoms with Gasteiger partial charge in [0.25, 0.3) is 0 Å². The number of hydrogen-bond donors (Lipinski definition) is 3. The summed E-state index contributed by atoms with van der Waals surface area (Å²) in [5.74, 6) is -2.54. The van der Waals surface area contributed by atoms with Gasteiger partial charge in [-0.05, 0) is 49.3 Å². The van der Waals surface area contributed by atoms with Crippen LogP contribution in [0.1, 0.15) is 30.4 Å². The highest BCUT2D eigenvalue weighted by Gasteiger charge is 2.32. The zero-order chi connectivity index (χ0) is 21.5. The maximum absolute atomic E-state index is 13.2. The van der Waals surface area contributed by atoms with Crippen LogP contribution in [-0.4, -0.2) is 46.7 Å². The van der Waals surface area contributed by atoms with Gasteiger partial charge in [-0.1, -0.05) is 48.5 Å². The normalized spacial score (nSPS) is 17.5. The van der Waals surface area contributed by atoms with Crippen molar-refractivity contribution < 1.29 is 24.6 Å². The summed E-state index contributed by atoms with van der Waals surface area (Å²) in [7, 11) is 0. The second-order valence-corrected chi connectivity index (χ2v) is 7.47. The molecule has 7 nitrogen and oxygen atoms in total. The first-order chi connectivity index (χ1) is 14.5. The summed E-state index contributed by atoms with van der Waals surface area (Å²) in [6.07, 6.45) is 2.73. The van der Waals surface area contributed by atoms with Crippen LogP contribution in [0.25, 0.3) is 0 Å². The number of carbonyl (C=O) groups excluding carboxylic acids is 1. The van der Waals surface area contributed by atoms with Crippen LogP contribution < -0.4 is 10.2 Å². The van der Waals surface area contributed by atoms with E-state index in [1.807, 2.05) is 42.5 Å². The molecule has 0 aromatic heterocycles. The Morgan fingerprint density at radius 3 is 2.47 bits per heavy atom. The number of rotatable bonds is 8. The molecule has 0 bridgehead atoms. The number of aryl methyl sites for hydroxylation is 2. The standard InChI is InChI=1S/C23H26N2O5/c26-21(27)15-25-20-12-5-4-9-17(20)10-6-11-18(22(25)28)24-19(23(29)30)14-13-16-7-2-1-3-8-16/h1-5,7-9,12,18-19,24H,6,10-11,13-15H2,(H,26,27)(H,29,30)/t18-,19+/m1/s1. The molecule has 1 aliphatic heterocycles. The van der Waals surface area contributed by atoms with E-state index in [2.05, 4.69) is 5.32 Å².